The van der Waals surface area contributed by atoms with Crippen molar-refractivity contribution >= 4 is 56.6 Å². The van der Waals surface area contributed by atoms with Gasteiger partial charge in [-0.1, -0.05) is 34.0 Å². The Balaban J connectivity index is 1.81. The van der Waals surface area contributed by atoms with Gasteiger partial charge in [-0.25, -0.2) is 0 Å². The molecule has 0 spiro atoms. The van der Waals surface area contributed by atoms with E-state index >= 15 is 0 Å². The average molecular weight is 273 g/mol. The highest BCUT2D eigenvalue weighted by Crippen LogP contribution is 2.68. The van der Waals surface area contributed by atoms with Crippen LogP contribution in [0.3, 0.4) is 0 Å². The van der Waals surface area contributed by atoms with Crippen molar-refractivity contribution in [2.24, 2.45) is 11.8 Å². The van der Waals surface area contributed by atoms with Crippen molar-refractivity contribution in [2.45, 2.75) is 32.8 Å². The maximum Gasteiger partial charge on any atom is 0.219 e. The van der Waals surface area contributed by atoms with Crippen molar-refractivity contribution in [3.63, 3.8) is 0 Å². The predicted octanol–water partition coefficient (Wildman–Crippen LogP) is 4.37. The third kappa shape index (κ3) is 1.63. The summed E-state index contributed by atoms with van der Waals surface area (Å²) in [7, 11) is 3.58. The van der Waals surface area contributed by atoms with Crippen LogP contribution in [-0.2, 0) is 0 Å². The summed E-state index contributed by atoms with van der Waals surface area (Å²) in [6.07, 6.45) is 4.28. The first-order valence-electron chi connectivity index (χ1n) is 4.56. The highest BCUT2D eigenvalue weighted by molar-refractivity contribution is 8.80. The molecule has 0 aromatic heterocycles. The molecule has 0 N–H and O–H groups in total. The quantitative estimate of drug-likeness (QED) is 0.475. The van der Waals surface area contributed by atoms with E-state index in [4.69, 9.17) is 23.2 Å². The Morgan fingerprint density at radius 3 is 2.54 bits per heavy atom. The van der Waals surface area contributed by atoms with Crippen LogP contribution in [0.5, 0.6) is 0 Å². The van der Waals surface area contributed by atoms with Gasteiger partial charge in [-0.2, -0.15) is 0 Å². The lowest BCUT2D eigenvalue weighted by Gasteiger charge is -2.38. The summed E-state index contributed by atoms with van der Waals surface area (Å²) in [5.74, 6) is 1.87. The maximum atomic E-state index is 6.15. The topological polar surface area (TPSA) is 0 Å². The van der Waals surface area contributed by atoms with Crippen molar-refractivity contribution in [2.75, 3.05) is 0 Å². The van der Waals surface area contributed by atoms with Gasteiger partial charge in [-0.05, 0) is 41.9 Å². The third-order valence-electron chi connectivity index (χ3n) is 3.30. The van der Waals surface area contributed by atoms with Gasteiger partial charge in [-0.3, -0.25) is 0 Å². The maximum absolute atomic E-state index is 6.15. The molecule has 0 nitrogen and oxygen atoms in total. The molecule has 0 radical (unpaired) electrons. The molecule has 74 valence electrons. The van der Waals surface area contributed by atoms with Gasteiger partial charge >= 0.3 is 0 Å². The van der Waals surface area contributed by atoms with Crippen molar-refractivity contribution < 1.29 is 0 Å². The fourth-order valence-corrected chi connectivity index (χ4v) is 9.36. The van der Waals surface area contributed by atoms with E-state index in [1.807, 2.05) is 10.8 Å². The molecule has 13 heavy (non-hydrogen) atoms. The molecule has 0 aromatic carbocycles. The standard InChI is InChI=1S/C8H10Cl2S3/c9-8(10)11-6-4-1-2-5(3-4)7(6)12-13-8/h4-7H,1-3H2. The van der Waals surface area contributed by atoms with Crippen molar-refractivity contribution in [3.8, 4) is 0 Å². The van der Waals surface area contributed by atoms with Gasteiger partial charge < -0.3 is 0 Å². The Hall–Kier alpha value is 1.63. The minimum absolute atomic E-state index is 0.587. The smallest absolute Gasteiger partial charge is 0.107 e. The summed E-state index contributed by atoms with van der Waals surface area (Å²) in [4.78, 5) is 0. The zero-order chi connectivity index (χ0) is 9.05. The predicted molar refractivity (Wildman–Crippen MR) is 65.6 cm³/mol. The summed E-state index contributed by atoms with van der Waals surface area (Å²) in [5.41, 5.74) is 0. The number of hydrogen-bond donors (Lipinski definition) is 0. The third-order valence-corrected chi connectivity index (χ3v) is 9.99. The Labute approximate surface area is 101 Å². The van der Waals surface area contributed by atoms with E-state index in [1.165, 1.54) is 19.3 Å². The lowest BCUT2D eigenvalue weighted by molar-refractivity contribution is 0.505. The highest BCUT2D eigenvalue weighted by Gasteiger charge is 2.54. The normalized spacial score (nSPS) is 52.2. The summed E-state index contributed by atoms with van der Waals surface area (Å²) >= 11 is 14.1. The Bertz CT molecular complexity index is 233. The van der Waals surface area contributed by atoms with Gasteiger partial charge in [0.25, 0.3) is 0 Å². The van der Waals surface area contributed by atoms with Crippen LogP contribution in [0.1, 0.15) is 19.3 Å². The van der Waals surface area contributed by atoms with Gasteiger partial charge in [0.05, 0.1) is 0 Å². The lowest BCUT2D eigenvalue weighted by atomic mass is 10.00. The summed E-state index contributed by atoms with van der Waals surface area (Å²) in [6, 6.07) is 0. The van der Waals surface area contributed by atoms with Crippen LogP contribution in [0.4, 0.5) is 0 Å². The molecule has 2 bridgehead atoms. The summed E-state index contributed by atoms with van der Waals surface area (Å²) in [6.45, 7) is 0. The fourth-order valence-electron chi connectivity index (χ4n) is 2.77. The average Bonchev–Trinajstić information content (AvgIpc) is 2.61. The van der Waals surface area contributed by atoms with E-state index in [0.717, 1.165) is 22.3 Å². The zero-order valence-corrected chi connectivity index (χ0v) is 10.9. The van der Waals surface area contributed by atoms with Crippen LogP contribution in [0, 0.1) is 11.8 Å². The number of alkyl halides is 2. The number of halogens is 2. The second-order valence-electron chi connectivity index (χ2n) is 4.02. The monoisotopic (exact) mass is 272 g/mol. The minimum Gasteiger partial charge on any atom is -0.107 e. The van der Waals surface area contributed by atoms with E-state index in [0.29, 0.717) is 0 Å². The van der Waals surface area contributed by atoms with Crippen molar-refractivity contribution in [3.05, 3.63) is 0 Å². The van der Waals surface area contributed by atoms with Crippen LogP contribution in [0.2, 0.25) is 0 Å². The van der Waals surface area contributed by atoms with Gasteiger partial charge in [0.2, 0.25) is 3.00 Å². The molecule has 2 aliphatic carbocycles. The molecular formula is C8H10Cl2S3. The van der Waals surface area contributed by atoms with Gasteiger partial charge in [-0.15, -0.1) is 11.8 Å². The fraction of sp³-hybridized carbons (Fsp3) is 1.00. The van der Waals surface area contributed by atoms with Crippen LogP contribution in [0.25, 0.3) is 0 Å². The van der Waals surface area contributed by atoms with Crippen molar-refractivity contribution in [1.82, 2.24) is 0 Å². The minimum atomic E-state index is -0.587. The highest BCUT2D eigenvalue weighted by atomic mass is 35.5. The van der Waals surface area contributed by atoms with E-state index in [1.54, 1.807) is 22.6 Å². The van der Waals surface area contributed by atoms with E-state index in [2.05, 4.69) is 0 Å². The second kappa shape index (κ2) is 3.31. The first-order chi connectivity index (χ1) is 6.16. The zero-order valence-electron chi connectivity index (χ0n) is 6.91. The van der Waals surface area contributed by atoms with Gasteiger partial charge in [0.1, 0.15) is 0 Å². The van der Waals surface area contributed by atoms with E-state index < -0.39 is 3.00 Å². The Kier molecular flexibility index (Phi) is 2.50. The molecule has 3 aliphatic rings. The first-order valence-corrected chi connectivity index (χ1v) is 8.41. The molecule has 1 heterocycles. The van der Waals surface area contributed by atoms with Gasteiger partial charge in [0.15, 0.2) is 0 Å². The molecule has 4 atom stereocenters. The van der Waals surface area contributed by atoms with Crippen LogP contribution < -0.4 is 0 Å². The first kappa shape index (κ1) is 9.83. The molecule has 3 rings (SSSR count). The van der Waals surface area contributed by atoms with Crippen LogP contribution in [0.15, 0.2) is 0 Å². The number of fused-ring (bicyclic) bond motifs is 5. The molecule has 5 heteroatoms. The molecule has 4 unspecified atom stereocenters. The largest absolute Gasteiger partial charge is 0.219 e. The molecular weight excluding hydrogens is 263 g/mol. The Morgan fingerprint density at radius 1 is 1.08 bits per heavy atom. The molecule has 2 saturated carbocycles. The summed E-state index contributed by atoms with van der Waals surface area (Å²) < 4.78 is -0.587. The molecule has 3 fully saturated rings. The van der Waals surface area contributed by atoms with Crippen molar-refractivity contribution in [1.29, 1.82) is 0 Å². The number of hydrogen-bond acceptors (Lipinski definition) is 3. The van der Waals surface area contributed by atoms with E-state index in [9.17, 15) is 0 Å². The van der Waals surface area contributed by atoms with Crippen LogP contribution >= 0.6 is 56.6 Å². The van der Waals surface area contributed by atoms with Crippen LogP contribution in [-0.4, -0.2) is 13.5 Å². The number of thioether (sulfide) groups is 1. The van der Waals surface area contributed by atoms with E-state index in [-0.39, 0.29) is 0 Å². The number of rotatable bonds is 0. The second-order valence-corrected chi connectivity index (χ2v) is 10.5. The molecule has 0 aromatic rings. The molecule has 1 aliphatic heterocycles. The Morgan fingerprint density at radius 2 is 1.77 bits per heavy atom. The lowest BCUT2D eigenvalue weighted by Crippen LogP contribution is -2.32. The SMILES string of the molecule is ClC1(Cl)SSC2C3CCC(C3)C2S1. The van der Waals surface area contributed by atoms with Gasteiger partial charge in [0, 0.05) is 10.5 Å². The molecule has 0 amide bonds. The summed E-state index contributed by atoms with van der Waals surface area (Å²) in [5, 5.41) is 1.57. The molecule has 1 saturated heterocycles.